The summed E-state index contributed by atoms with van der Waals surface area (Å²) in [7, 11) is 0. The lowest BCUT2D eigenvalue weighted by molar-refractivity contribution is -0.144. The van der Waals surface area contributed by atoms with Crippen molar-refractivity contribution in [3.05, 3.63) is 0 Å². The van der Waals surface area contributed by atoms with Crippen LogP contribution in [0.15, 0.2) is 0 Å². The maximum Gasteiger partial charge on any atom is 0.323 e. The molecule has 2 amide bonds. The molecule has 0 radical (unpaired) electrons. The minimum Gasteiger partial charge on any atom is -0.480 e. The maximum atomic E-state index is 11.6. The summed E-state index contributed by atoms with van der Waals surface area (Å²) >= 11 is 0. The first-order valence-corrected chi connectivity index (χ1v) is 5.92. The van der Waals surface area contributed by atoms with Crippen LogP contribution in [0.2, 0.25) is 0 Å². The first-order chi connectivity index (χ1) is 8.15. The van der Waals surface area contributed by atoms with Gasteiger partial charge >= 0.3 is 5.97 Å². The lowest BCUT2D eigenvalue weighted by Gasteiger charge is -2.20. The highest BCUT2D eigenvalue weighted by atomic mass is 16.4. The molecule has 0 saturated carbocycles. The quantitative estimate of drug-likeness (QED) is 0.725. The van der Waals surface area contributed by atoms with Crippen molar-refractivity contribution >= 4 is 17.8 Å². The molecule has 104 valence electrons. The van der Waals surface area contributed by atoms with Gasteiger partial charge in [-0.1, -0.05) is 20.8 Å². The summed E-state index contributed by atoms with van der Waals surface area (Å²) < 4.78 is 0. The number of nitrogens with zero attached hydrogens (tertiary/aromatic N) is 1. The SMILES string of the molecule is CCN(CC(=O)O)C(=O)CNC(=O)CC(C)(C)C. The van der Waals surface area contributed by atoms with E-state index in [1.54, 1.807) is 6.92 Å². The third-order valence-electron chi connectivity index (χ3n) is 2.19. The Morgan fingerprint density at radius 3 is 2.17 bits per heavy atom. The summed E-state index contributed by atoms with van der Waals surface area (Å²) in [5, 5.41) is 11.1. The van der Waals surface area contributed by atoms with Gasteiger partial charge in [0.05, 0.1) is 6.54 Å². The molecule has 0 spiro atoms. The largest absolute Gasteiger partial charge is 0.480 e. The Morgan fingerprint density at radius 2 is 1.78 bits per heavy atom. The Hall–Kier alpha value is -1.59. The minimum atomic E-state index is -1.06. The van der Waals surface area contributed by atoms with Crippen molar-refractivity contribution in [3.8, 4) is 0 Å². The number of aliphatic carboxylic acids is 1. The van der Waals surface area contributed by atoms with E-state index in [-0.39, 0.29) is 30.3 Å². The summed E-state index contributed by atoms with van der Waals surface area (Å²) in [6.07, 6.45) is 0.325. The predicted octanol–water partition coefficient (Wildman–Crippen LogP) is 0.472. The van der Waals surface area contributed by atoms with E-state index in [4.69, 9.17) is 5.11 Å². The number of carbonyl (C=O) groups excluding carboxylic acids is 2. The van der Waals surface area contributed by atoms with E-state index in [9.17, 15) is 14.4 Å². The molecule has 0 rings (SSSR count). The Morgan fingerprint density at radius 1 is 1.22 bits per heavy atom. The summed E-state index contributed by atoms with van der Waals surface area (Å²) in [6.45, 7) is 7.28. The van der Waals surface area contributed by atoms with Crippen molar-refractivity contribution in [1.29, 1.82) is 0 Å². The van der Waals surface area contributed by atoms with Crippen LogP contribution in [0.4, 0.5) is 0 Å². The minimum absolute atomic E-state index is 0.140. The molecule has 0 aliphatic rings. The van der Waals surface area contributed by atoms with Gasteiger partial charge in [-0.05, 0) is 12.3 Å². The molecule has 0 fully saturated rings. The van der Waals surface area contributed by atoms with Crippen LogP contribution in [0.5, 0.6) is 0 Å². The van der Waals surface area contributed by atoms with E-state index in [1.165, 1.54) is 4.90 Å². The third kappa shape index (κ3) is 7.65. The average Bonchev–Trinajstić information content (AvgIpc) is 2.19. The normalized spacial score (nSPS) is 10.9. The first kappa shape index (κ1) is 16.4. The van der Waals surface area contributed by atoms with Crippen molar-refractivity contribution in [2.75, 3.05) is 19.6 Å². The topological polar surface area (TPSA) is 86.7 Å². The number of likely N-dealkylation sites (N-methyl/N-ethyl adjacent to an activating group) is 1. The highest BCUT2D eigenvalue weighted by Gasteiger charge is 2.18. The summed E-state index contributed by atoms with van der Waals surface area (Å²) in [5.74, 6) is -1.66. The molecule has 0 atom stereocenters. The molecule has 0 aliphatic heterocycles. The molecule has 0 heterocycles. The number of hydrogen-bond donors (Lipinski definition) is 2. The average molecular weight is 258 g/mol. The number of amides is 2. The van der Waals surface area contributed by atoms with E-state index in [2.05, 4.69) is 5.32 Å². The molecular formula is C12H22N2O4. The molecule has 0 aliphatic carbocycles. The fraction of sp³-hybridized carbons (Fsp3) is 0.750. The smallest absolute Gasteiger partial charge is 0.323 e. The maximum absolute atomic E-state index is 11.6. The summed E-state index contributed by atoms with van der Waals surface area (Å²) in [6, 6.07) is 0. The van der Waals surface area contributed by atoms with E-state index in [0.29, 0.717) is 13.0 Å². The van der Waals surface area contributed by atoms with Crippen molar-refractivity contribution < 1.29 is 19.5 Å². The van der Waals surface area contributed by atoms with Crippen LogP contribution in [0.1, 0.15) is 34.1 Å². The lowest BCUT2D eigenvalue weighted by atomic mass is 9.92. The Kier molecular flexibility index (Phi) is 6.36. The molecule has 0 unspecified atom stereocenters. The van der Waals surface area contributed by atoms with Gasteiger partial charge in [0.25, 0.3) is 0 Å². The monoisotopic (exact) mass is 258 g/mol. The third-order valence-corrected chi connectivity index (χ3v) is 2.19. The molecular weight excluding hydrogens is 236 g/mol. The van der Waals surface area contributed by atoms with Gasteiger partial charge < -0.3 is 15.3 Å². The molecule has 0 aromatic heterocycles. The predicted molar refractivity (Wildman–Crippen MR) is 67.0 cm³/mol. The number of carboxylic acid groups (broad SMARTS) is 1. The Bertz CT molecular complexity index is 321. The number of nitrogens with one attached hydrogen (secondary N) is 1. The standard InChI is InChI=1S/C12H22N2O4/c1-5-14(8-11(17)18)10(16)7-13-9(15)6-12(2,3)4/h5-8H2,1-4H3,(H,13,15)(H,17,18). The molecule has 6 nitrogen and oxygen atoms in total. The van der Waals surface area contributed by atoms with E-state index >= 15 is 0 Å². The molecule has 6 heteroatoms. The van der Waals surface area contributed by atoms with Crippen molar-refractivity contribution in [3.63, 3.8) is 0 Å². The van der Waals surface area contributed by atoms with Crippen LogP contribution >= 0.6 is 0 Å². The highest BCUT2D eigenvalue weighted by Crippen LogP contribution is 2.17. The van der Waals surface area contributed by atoms with Crippen LogP contribution in [0.25, 0.3) is 0 Å². The molecule has 0 aromatic rings. The number of rotatable bonds is 6. The van der Waals surface area contributed by atoms with Crippen LogP contribution in [-0.2, 0) is 14.4 Å². The van der Waals surface area contributed by atoms with Gasteiger partial charge in [0, 0.05) is 13.0 Å². The fourth-order valence-electron chi connectivity index (χ4n) is 1.37. The molecule has 0 saturated heterocycles. The molecule has 2 N–H and O–H groups in total. The van der Waals surface area contributed by atoms with Gasteiger partial charge in [-0.3, -0.25) is 14.4 Å². The van der Waals surface area contributed by atoms with Crippen molar-refractivity contribution in [1.82, 2.24) is 10.2 Å². The molecule has 0 aromatic carbocycles. The second-order valence-electron chi connectivity index (χ2n) is 5.32. The van der Waals surface area contributed by atoms with Crippen molar-refractivity contribution in [2.45, 2.75) is 34.1 Å². The summed E-state index contributed by atoms with van der Waals surface area (Å²) in [5.41, 5.74) is -0.140. The van der Waals surface area contributed by atoms with Crippen LogP contribution in [0.3, 0.4) is 0 Å². The Labute approximate surface area is 107 Å². The number of hydrogen-bond acceptors (Lipinski definition) is 3. The first-order valence-electron chi connectivity index (χ1n) is 5.92. The van der Waals surface area contributed by atoms with E-state index in [0.717, 1.165) is 0 Å². The van der Waals surface area contributed by atoms with Gasteiger partial charge in [-0.2, -0.15) is 0 Å². The highest BCUT2D eigenvalue weighted by molar-refractivity contribution is 5.86. The number of carbonyl (C=O) groups is 3. The van der Waals surface area contributed by atoms with Crippen LogP contribution < -0.4 is 5.32 Å². The summed E-state index contributed by atoms with van der Waals surface area (Å²) in [4.78, 5) is 34.8. The van der Waals surface area contributed by atoms with Crippen LogP contribution in [-0.4, -0.2) is 47.4 Å². The van der Waals surface area contributed by atoms with Gasteiger partial charge in [-0.15, -0.1) is 0 Å². The van der Waals surface area contributed by atoms with Crippen LogP contribution in [0, 0.1) is 5.41 Å². The molecule has 0 bridgehead atoms. The zero-order valence-corrected chi connectivity index (χ0v) is 11.4. The van der Waals surface area contributed by atoms with Gasteiger partial charge in [0.1, 0.15) is 6.54 Å². The zero-order chi connectivity index (χ0) is 14.3. The van der Waals surface area contributed by atoms with Gasteiger partial charge in [-0.25, -0.2) is 0 Å². The molecule has 18 heavy (non-hydrogen) atoms. The zero-order valence-electron chi connectivity index (χ0n) is 11.4. The second kappa shape index (κ2) is 6.98. The van der Waals surface area contributed by atoms with E-state index < -0.39 is 5.97 Å². The fourth-order valence-corrected chi connectivity index (χ4v) is 1.37. The number of carboxylic acids is 1. The Balaban J connectivity index is 4.16. The van der Waals surface area contributed by atoms with Gasteiger partial charge in [0.15, 0.2) is 0 Å². The van der Waals surface area contributed by atoms with E-state index in [1.807, 2.05) is 20.8 Å². The van der Waals surface area contributed by atoms with Gasteiger partial charge in [0.2, 0.25) is 11.8 Å². The van der Waals surface area contributed by atoms with Crippen molar-refractivity contribution in [2.24, 2.45) is 5.41 Å². The lowest BCUT2D eigenvalue weighted by Crippen LogP contribution is -2.42. The second-order valence-corrected chi connectivity index (χ2v) is 5.32.